The molecule has 35 heavy (non-hydrogen) atoms. The molecule has 9 nitrogen and oxygen atoms in total. The molecule has 12 heteroatoms. The summed E-state index contributed by atoms with van der Waals surface area (Å²) < 4.78 is 63.2. The highest BCUT2D eigenvalue weighted by Crippen LogP contribution is 2.29. The number of rotatable bonds is 8. The van der Waals surface area contributed by atoms with Crippen molar-refractivity contribution in [2.75, 3.05) is 16.3 Å². The highest BCUT2D eigenvalue weighted by Gasteiger charge is 2.18. The maximum atomic E-state index is 14.6. The summed E-state index contributed by atoms with van der Waals surface area (Å²) in [6.45, 7) is 0.0804. The van der Waals surface area contributed by atoms with Crippen molar-refractivity contribution in [3.63, 3.8) is 0 Å². The Balaban J connectivity index is 1.68. The normalized spacial score (nSPS) is 11.1. The van der Waals surface area contributed by atoms with Gasteiger partial charge in [0.2, 0.25) is 0 Å². The molecular formula is C23H18F2N6O3S. The van der Waals surface area contributed by atoms with Crippen molar-refractivity contribution >= 4 is 21.7 Å². The highest BCUT2D eigenvalue weighted by atomic mass is 32.2. The van der Waals surface area contributed by atoms with Gasteiger partial charge in [0.15, 0.2) is 0 Å². The number of nitriles is 1. The third-order valence-electron chi connectivity index (χ3n) is 5.15. The summed E-state index contributed by atoms with van der Waals surface area (Å²) in [4.78, 5) is 0. The number of nitrogens with zero attached hydrogens (tertiary/aromatic N) is 5. The first-order chi connectivity index (χ1) is 16.7. The summed E-state index contributed by atoms with van der Waals surface area (Å²) in [6, 6.07) is 18.2. The molecule has 0 bridgehead atoms. The number of halogens is 2. The molecular weight excluding hydrogens is 478 g/mol. The van der Waals surface area contributed by atoms with Crippen LogP contribution in [0.2, 0.25) is 0 Å². The predicted molar refractivity (Wildman–Crippen MR) is 125 cm³/mol. The minimum Gasteiger partial charge on any atom is -0.279 e. The molecule has 178 valence electrons. The molecule has 0 saturated heterocycles. The van der Waals surface area contributed by atoms with E-state index in [-0.39, 0.29) is 18.5 Å². The molecule has 4 aromatic rings. The van der Waals surface area contributed by atoms with Crippen LogP contribution in [-0.2, 0) is 16.7 Å². The van der Waals surface area contributed by atoms with Gasteiger partial charge in [-0.3, -0.25) is 14.3 Å². The Kier molecular flexibility index (Phi) is 6.72. The predicted octanol–water partition coefficient (Wildman–Crippen LogP) is 3.82. The van der Waals surface area contributed by atoms with Gasteiger partial charge in [-0.1, -0.05) is 30.3 Å². The van der Waals surface area contributed by atoms with Gasteiger partial charge in [0, 0.05) is 17.7 Å². The van der Waals surface area contributed by atoms with Crippen LogP contribution in [0, 0.1) is 23.0 Å². The molecule has 0 radical (unpaired) electrons. The molecule has 1 aromatic heterocycles. The SMILES string of the molecule is N#Cc1ccc(N(CCc2c(F)cc(NS(=O)(=O)O)cc2F)n2cnnc2)cc1-c1ccccc1. The maximum Gasteiger partial charge on any atom is 0.357 e. The Hall–Kier alpha value is -4.34. The molecule has 3 aromatic carbocycles. The van der Waals surface area contributed by atoms with E-state index in [9.17, 15) is 22.5 Å². The van der Waals surface area contributed by atoms with E-state index < -0.39 is 27.6 Å². The molecule has 0 saturated carbocycles. The third-order valence-corrected chi connectivity index (χ3v) is 5.65. The Morgan fingerprint density at radius 1 is 1.03 bits per heavy atom. The second kappa shape index (κ2) is 9.88. The number of aromatic nitrogens is 3. The lowest BCUT2D eigenvalue weighted by Gasteiger charge is -2.26. The van der Waals surface area contributed by atoms with Crippen molar-refractivity contribution in [1.82, 2.24) is 14.9 Å². The molecule has 0 aliphatic rings. The van der Waals surface area contributed by atoms with Gasteiger partial charge in [0.05, 0.1) is 23.0 Å². The first kappa shape index (κ1) is 23.8. The summed E-state index contributed by atoms with van der Waals surface area (Å²) in [7, 11) is -4.68. The average Bonchev–Trinajstić information content (AvgIpc) is 3.34. The van der Waals surface area contributed by atoms with Gasteiger partial charge in [0.1, 0.15) is 24.3 Å². The van der Waals surface area contributed by atoms with Crippen LogP contribution in [0.3, 0.4) is 0 Å². The van der Waals surface area contributed by atoms with Gasteiger partial charge < -0.3 is 0 Å². The monoisotopic (exact) mass is 496 g/mol. The fraction of sp³-hybridized carbons (Fsp3) is 0.0870. The number of benzene rings is 3. The number of anilines is 2. The lowest BCUT2D eigenvalue weighted by atomic mass is 9.99. The van der Waals surface area contributed by atoms with Crippen molar-refractivity contribution in [1.29, 1.82) is 5.26 Å². The summed E-state index contributed by atoms with van der Waals surface area (Å²) >= 11 is 0. The molecule has 0 unspecified atom stereocenters. The molecule has 0 amide bonds. The van der Waals surface area contributed by atoms with E-state index in [0.29, 0.717) is 16.8 Å². The molecule has 0 aliphatic heterocycles. The first-order valence-electron chi connectivity index (χ1n) is 10.2. The van der Waals surface area contributed by atoms with E-state index in [0.717, 1.165) is 17.7 Å². The van der Waals surface area contributed by atoms with Crippen LogP contribution in [0.1, 0.15) is 11.1 Å². The van der Waals surface area contributed by atoms with E-state index in [2.05, 4.69) is 16.3 Å². The van der Waals surface area contributed by atoms with Crippen molar-refractivity contribution in [3.8, 4) is 17.2 Å². The van der Waals surface area contributed by atoms with Crippen LogP contribution in [0.4, 0.5) is 20.2 Å². The summed E-state index contributed by atoms with van der Waals surface area (Å²) in [5.74, 6) is -1.96. The number of nitrogens with one attached hydrogen (secondary N) is 1. The standard InChI is InChI=1S/C23H18F2N6O3S/c24-22-10-18(29-35(32,33)34)11-23(25)20(22)8-9-31(30-14-27-28-15-30)19-7-6-17(13-26)21(12-19)16-4-2-1-3-5-16/h1-7,10-12,14-15,29H,8-9H2,(H,32,33,34). The second-order valence-electron chi connectivity index (χ2n) is 7.42. The van der Waals surface area contributed by atoms with E-state index in [1.54, 1.807) is 32.6 Å². The summed E-state index contributed by atoms with van der Waals surface area (Å²) in [6.07, 6.45) is 2.74. The van der Waals surface area contributed by atoms with Crippen molar-refractivity contribution in [3.05, 3.63) is 96.1 Å². The van der Waals surface area contributed by atoms with Crippen LogP contribution in [0.5, 0.6) is 0 Å². The van der Waals surface area contributed by atoms with Gasteiger partial charge in [-0.2, -0.15) is 13.7 Å². The van der Waals surface area contributed by atoms with E-state index in [4.69, 9.17) is 4.55 Å². The van der Waals surface area contributed by atoms with Crippen molar-refractivity contribution in [2.45, 2.75) is 6.42 Å². The molecule has 2 N–H and O–H groups in total. The molecule has 0 atom stereocenters. The zero-order valence-electron chi connectivity index (χ0n) is 18.0. The van der Waals surface area contributed by atoms with Gasteiger partial charge in [-0.05, 0) is 42.3 Å². The number of hydrogen-bond donors (Lipinski definition) is 2. The van der Waals surface area contributed by atoms with Crippen molar-refractivity contribution in [2.24, 2.45) is 0 Å². The second-order valence-corrected chi connectivity index (χ2v) is 8.57. The summed E-state index contributed by atoms with van der Waals surface area (Å²) in [5, 5.41) is 18.8. The largest absolute Gasteiger partial charge is 0.357 e. The lowest BCUT2D eigenvalue weighted by molar-refractivity contribution is 0.489. The van der Waals surface area contributed by atoms with Crippen molar-refractivity contribution < 1.29 is 21.8 Å². The van der Waals surface area contributed by atoms with Crippen LogP contribution < -0.4 is 9.73 Å². The Morgan fingerprint density at radius 3 is 2.29 bits per heavy atom. The fourth-order valence-electron chi connectivity index (χ4n) is 3.61. The first-order valence-corrected chi connectivity index (χ1v) is 11.6. The number of hydrogen-bond acceptors (Lipinski definition) is 6. The zero-order chi connectivity index (χ0) is 25.0. The topological polar surface area (TPSA) is 124 Å². The smallest absolute Gasteiger partial charge is 0.279 e. The molecule has 0 spiro atoms. The lowest BCUT2D eigenvalue weighted by Crippen LogP contribution is -2.31. The third kappa shape index (κ3) is 5.60. The van der Waals surface area contributed by atoms with Gasteiger partial charge in [-0.15, -0.1) is 10.2 Å². The minimum absolute atomic E-state index is 0.0804. The van der Waals surface area contributed by atoms with E-state index in [1.165, 1.54) is 12.7 Å². The van der Waals surface area contributed by atoms with Crippen LogP contribution in [0.25, 0.3) is 11.1 Å². The van der Waals surface area contributed by atoms with Crippen LogP contribution in [-0.4, -0.2) is 34.4 Å². The Labute approximate surface area is 199 Å². The average molecular weight is 496 g/mol. The minimum atomic E-state index is -4.68. The van der Waals surface area contributed by atoms with Gasteiger partial charge >= 0.3 is 10.3 Å². The molecule has 4 rings (SSSR count). The van der Waals surface area contributed by atoms with Gasteiger partial charge in [0.25, 0.3) is 0 Å². The Morgan fingerprint density at radius 2 is 1.69 bits per heavy atom. The quantitative estimate of drug-likeness (QED) is 0.355. The molecule has 0 aliphatic carbocycles. The Bertz CT molecular complexity index is 1470. The van der Waals surface area contributed by atoms with E-state index >= 15 is 0 Å². The maximum absolute atomic E-state index is 14.6. The van der Waals surface area contributed by atoms with Crippen LogP contribution >= 0.6 is 0 Å². The van der Waals surface area contributed by atoms with E-state index in [1.807, 2.05) is 30.3 Å². The molecule has 1 heterocycles. The fourth-order valence-corrected chi connectivity index (χ4v) is 4.03. The zero-order valence-corrected chi connectivity index (χ0v) is 18.8. The summed E-state index contributed by atoms with van der Waals surface area (Å²) in [5.41, 5.74) is 1.87. The molecule has 0 fully saturated rings. The van der Waals surface area contributed by atoms with Crippen LogP contribution in [0.15, 0.2) is 73.3 Å². The highest BCUT2D eigenvalue weighted by molar-refractivity contribution is 7.87. The van der Waals surface area contributed by atoms with Gasteiger partial charge in [-0.25, -0.2) is 13.5 Å².